The lowest BCUT2D eigenvalue weighted by molar-refractivity contribution is -0.385. The molecule has 0 unspecified atom stereocenters. The normalized spacial score (nSPS) is 9.85. The second-order valence-corrected chi connectivity index (χ2v) is 4.23. The Hall–Kier alpha value is -2.94. The summed E-state index contributed by atoms with van der Waals surface area (Å²) >= 11 is 0. The third-order valence-corrected chi connectivity index (χ3v) is 2.79. The predicted octanol–water partition coefficient (Wildman–Crippen LogP) is 3.27. The highest BCUT2D eigenvalue weighted by Gasteiger charge is 2.16. The molecule has 0 N–H and O–H groups in total. The number of nitro groups is 1. The van der Waals surface area contributed by atoms with Crippen LogP contribution in [0.2, 0.25) is 0 Å². The van der Waals surface area contributed by atoms with E-state index in [1.54, 1.807) is 32.0 Å². The van der Waals surface area contributed by atoms with Crippen molar-refractivity contribution >= 4 is 5.69 Å². The Morgan fingerprint density at radius 1 is 1.30 bits per heavy atom. The minimum atomic E-state index is -0.462. The number of hydrogen-bond donors (Lipinski definition) is 0. The monoisotopic (exact) mass is 269 g/mol. The van der Waals surface area contributed by atoms with Crippen molar-refractivity contribution in [2.24, 2.45) is 0 Å². The molecule has 1 aromatic heterocycles. The summed E-state index contributed by atoms with van der Waals surface area (Å²) in [5, 5.41) is 19.9. The summed E-state index contributed by atoms with van der Waals surface area (Å²) in [4.78, 5) is 14.4. The zero-order valence-electron chi connectivity index (χ0n) is 11.0. The number of nitrogens with zero attached hydrogens (tertiary/aromatic N) is 3. The standard InChI is InChI=1S/C14H11N3O3/c1-9-6-10(2)14(7-12(9)17(18)19)20-13-4-3-5-16-11(13)8-15/h3-7H,1-2H3. The zero-order valence-corrected chi connectivity index (χ0v) is 11.0. The van der Waals surface area contributed by atoms with Gasteiger partial charge in [-0.3, -0.25) is 10.1 Å². The quantitative estimate of drug-likeness (QED) is 0.630. The summed E-state index contributed by atoms with van der Waals surface area (Å²) in [7, 11) is 0. The van der Waals surface area contributed by atoms with Gasteiger partial charge in [0.15, 0.2) is 11.4 Å². The Balaban J connectivity index is 2.46. The van der Waals surface area contributed by atoms with Gasteiger partial charge in [0.25, 0.3) is 5.69 Å². The first-order valence-electron chi connectivity index (χ1n) is 5.81. The molecule has 20 heavy (non-hydrogen) atoms. The Labute approximate surface area is 115 Å². The summed E-state index contributed by atoms with van der Waals surface area (Å²) in [6.07, 6.45) is 1.48. The van der Waals surface area contributed by atoms with Crippen LogP contribution in [0, 0.1) is 35.3 Å². The maximum atomic E-state index is 10.9. The number of aryl methyl sites for hydroxylation is 2. The first kappa shape index (κ1) is 13.5. The maximum Gasteiger partial charge on any atom is 0.276 e. The van der Waals surface area contributed by atoms with E-state index in [4.69, 9.17) is 10.00 Å². The zero-order chi connectivity index (χ0) is 14.7. The summed E-state index contributed by atoms with van der Waals surface area (Å²) < 4.78 is 5.59. The molecule has 1 heterocycles. The van der Waals surface area contributed by atoms with Gasteiger partial charge in [-0.2, -0.15) is 5.26 Å². The molecule has 100 valence electrons. The lowest BCUT2D eigenvalue weighted by Crippen LogP contribution is -1.97. The molecule has 0 atom stereocenters. The van der Waals surface area contributed by atoms with E-state index in [2.05, 4.69) is 4.98 Å². The molecule has 0 saturated carbocycles. The summed E-state index contributed by atoms with van der Waals surface area (Å²) in [5.41, 5.74) is 1.43. The lowest BCUT2D eigenvalue weighted by atomic mass is 10.1. The minimum Gasteiger partial charge on any atom is -0.454 e. The van der Waals surface area contributed by atoms with Crippen molar-refractivity contribution in [2.45, 2.75) is 13.8 Å². The number of rotatable bonds is 3. The van der Waals surface area contributed by atoms with Crippen molar-refractivity contribution in [2.75, 3.05) is 0 Å². The smallest absolute Gasteiger partial charge is 0.276 e. The van der Waals surface area contributed by atoms with E-state index in [1.165, 1.54) is 12.3 Å². The van der Waals surface area contributed by atoms with Crippen LogP contribution in [0.25, 0.3) is 0 Å². The topological polar surface area (TPSA) is 89.1 Å². The van der Waals surface area contributed by atoms with Gasteiger partial charge in [-0.1, -0.05) is 0 Å². The van der Waals surface area contributed by atoms with E-state index in [0.29, 0.717) is 11.3 Å². The molecule has 0 radical (unpaired) electrons. The first-order chi connectivity index (χ1) is 9.52. The van der Waals surface area contributed by atoms with Gasteiger partial charge in [0.1, 0.15) is 11.8 Å². The van der Waals surface area contributed by atoms with Crippen molar-refractivity contribution < 1.29 is 9.66 Å². The third-order valence-electron chi connectivity index (χ3n) is 2.79. The fourth-order valence-electron chi connectivity index (χ4n) is 1.80. The number of pyridine rings is 1. The molecule has 6 nitrogen and oxygen atoms in total. The molecule has 0 bridgehead atoms. The number of benzene rings is 1. The second kappa shape index (κ2) is 5.36. The van der Waals surface area contributed by atoms with Crippen LogP contribution >= 0.6 is 0 Å². The van der Waals surface area contributed by atoms with Crippen LogP contribution in [-0.4, -0.2) is 9.91 Å². The molecule has 6 heteroatoms. The van der Waals surface area contributed by atoms with E-state index in [-0.39, 0.29) is 17.1 Å². The van der Waals surface area contributed by atoms with E-state index in [9.17, 15) is 10.1 Å². The Bertz CT molecular complexity index is 720. The Kier molecular flexibility index (Phi) is 3.62. The number of ether oxygens (including phenoxy) is 1. The maximum absolute atomic E-state index is 10.9. The van der Waals surface area contributed by atoms with Crippen molar-refractivity contribution in [1.82, 2.24) is 4.98 Å². The Morgan fingerprint density at radius 2 is 2.05 bits per heavy atom. The first-order valence-corrected chi connectivity index (χ1v) is 5.81. The van der Waals surface area contributed by atoms with E-state index < -0.39 is 4.92 Å². The number of aromatic nitrogens is 1. The highest BCUT2D eigenvalue weighted by molar-refractivity contribution is 5.51. The number of nitriles is 1. The molecular weight excluding hydrogens is 258 g/mol. The van der Waals surface area contributed by atoms with Crippen LogP contribution in [0.5, 0.6) is 11.5 Å². The van der Waals surface area contributed by atoms with Crippen LogP contribution in [-0.2, 0) is 0 Å². The molecule has 0 saturated heterocycles. The van der Waals surface area contributed by atoms with Crippen molar-refractivity contribution in [3.8, 4) is 17.6 Å². The van der Waals surface area contributed by atoms with E-state index >= 15 is 0 Å². The van der Waals surface area contributed by atoms with Gasteiger partial charge in [-0.25, -0.2) is 4.98 Å². The molecular formula is C14H11N3O3. The lowest BCUT2D eigenvalue weighted by Gasteiger charge is -2.10. The molecule has 0 aliphatic rings. The van der Waals surface area contributed by atoms with Crippen LogP contribution in [0.4, 0.5) is 5.69 Å². The van der Waals surface area contributed by atoms with Gasteiger partial charge < -0.3 is 4.74 Å². The molecule has 2 rings (SSSR count). The van der Waals surface area contributed by atoms with Gasteiger partial charge in [0, 0.05) is 11.8 Å². The van der Waals surface area contributed by atoms with Gasteiger partial charge in [-0.15, -0.1) is 0 Å². The van der Waals surface area contributed by atoms with Gasteiger partial charge in [-0.05, 0) is 37.6 Å². The molecule has 2 aromatic rings. The summed E-state index contributed by atoms with van der Waals surface area (Å²) in [5.74, 6) is 0.614. The average molecular weight is 269 g/mol. The SMILES string of the molecule is Cc1cc(C)c([N+](=O)[O-])cc1Oc1cccnc1C#N. The van der Waals surface area contributed by atoms with Crippen molar-refractivity contribution in [1.29, 1.82) is 5.26 Å². The largest absolute Gasteiger partial charge is 0.454 e. The fourth-order valence-corrected chi connectivity index (χ4v) is 1.80. The minimum absolute atomic E-state index is 0.0204. The van der Waals surface area contributed by atoms with E-state index in [0.717, 1.165) is 5.56 Å². The molecule has 0 aliphatic heterocycles. The Morgan fingerprint density at radius 3 is 2.70 bits per heavy atom. The van der Waals surface area contributed by atoms with Gasteiger partial charge >= 0.3 is 0 Å². The molecule has 0 aliphatic carbocycles. The van der Waals surface area contributed by atoms with Crippen LogP contribution < -0.4 is 4.74 Å². The molecule has 1 aromatic carbocycles. The molecule has 0 spiro atoms. The second-order valence-electron chi connectivity index (χ2n) is 4.23. The third kappa shape index (κ3) is 2.57. The molecule has 0 amide bonds. The van der Waals surface area contributed by atoms with Crippen LogP contribution in [0.1, 0.15) is 16.8 Å². The summed E-state index contributed by atoms with van der Waals surface area (Å²) in [6.45, 7) is 3.45. The van der Waals surface area contributed by atoms with Crippen LogP contribution in [0.15, 0.2) is 30.5 Å². The van der Waals surface area contributed by atoms with Gasteiger partial charge in [0.2, 0.25) is 0 Å². The fraction of sp³-hybridized carbons (Fsp3) is 0.143. The van der Waals surface area contributed by atoms with Crippen LogP contribution in [0.3, 0.4) is 0 Å². The predicted molar refractivity (Wildman–Crippen MR) is 71.6 cm³/mol. The number of nitro benzene ring substituents is 1. The van der Waals surface area contributed by atoms with Gasteiger partial charge in [0.05, 0.1) is 11.0 Å². The van der Waals surface area contributed by atoms with Crippen molar-refractivity contribution in [3.05, 3.63) is 57.4 Å². The number of hydrogen-bond acceptors (Lipinski definition) is 5. The summed E-state index contributed by atoms with van der Waals surface area (Å²) in [6, 6.07) is 8.18. The average Bonchev–Trinajstić information content (AvgIpc) is 2.42. The highest BCUT2D eigenvalue weighted by atomic mass is 16.6. The molecule has 0 fully saturated rings. The van der Waals surface area contributed by atoms with E-state index in [1.807, 2.05) is 6.07 Å². The van der Waals surface area contributed by atoms with Crippen molar-refractivity contribution in [3.63, 3.8) is 0 Å². The highest BCUT2D eigenvalue weighted by Crippen LogP contribution is 2.32.